The molecule has 2 rings (SSSR count). The molecule has 0 bridgehead atoms. The lowest BCUT2D eigenvalue weighted by Gasteiger charge is -2.05. The summed E-state index contributed by atoms with van der Waals surface area (Å²) < 4.78 is 5.56. The Balaban J connectivity index is 1.82. The van der Waals surface area contributed by atoms with Gasteiger partial charge in [-0.25, -0.2) is 9.97 Å². The summed E-state index contributed by atoms with van der Waals surface area (Å²) in [6.45, 7) is 2.99. The van der Waals surface area contributed by atoms with Crippen LogP contribution < -0.4 is 0 Å². The average Bonchev–Trinajstić information content (AvgIpc) is 2.75. The number of rotatable bonds is 5. The molecular weight excluding hydrogens is 291 g/mol. The van der Waals surface area contributed by atoms with Crippen molar-refractivity contribution < 1.29 is 4.74 Å². The van der Waals surface area contributed by atoms with Gasteiger partial charge in [0.05, 0.1) is 35.1 Å². The molecule has 3 nitrogen and oxygen atoms in total. The molecule has 2 heterocycles. The van der Waals surface area contributed by atoms with Gasteiger partial charge in [0.25, 0.3) is 0 Å². The Bertz CT molecular complexity index is 531. The largest absolute Gasteiger partial charge is 0.375 e. The standard InChI is InChI=1S/C12H12Cl2N2OS/c1-8-11(18-7-15-8)4-5-17-6-10-9(13)2-3-12(14)16-10/h2-3,7H,4-6H2,1H3. The van der Waals surface area contributed by atoms with Crippen molar-refractivity contribution in [2.24, 2.45) is 0 Å². The van der Waals surface area contributed by atoms with Gasteiger partial charge >= 0.3 is 0 Å². The minimum absolute atomic E-state index is 0.372. The van der Waals surface area contributed by atoms with Crippen molar-refractivity contribution in [3.05, 3.63) is 44.1 Å². The van der Waals surface area contributed by atoms with Crippen molar-refractivity contribution in [3.63, 3.8) is 0 Å². The van der Waals surface area contributed by atoms with E-state index in [4.69, 9.17) is 27.9 Å². The summed E-state index contributed by atoms with van der Waals surface area (Å²) in [5.74, 6) is 0. The van der Waals surface area contributed by atoms with Crippen LogP contribution in [0.5, 0.6) is 0 Å². The molecule has 0 aromatic carbocycles. The molecule has 2 aromatic rings. The van der Waals surface area contributed by atoms with Gasteiger partial charge in [-0.15, -0.1) is 11.3 Å². The number of pyridine rings is 1. The number of ether oxygens (including phenoxy) is 1. The highest BCUT2D eigenvalue weighted by molar-refractivity contribution is 7.09. The summed E-state index contributed by atoms with van der Waals surface area (Å²) in [6, 6.07) is 3.39. The van der Waals surface area contributed by atoms with E-state index in [2.05, 4.69) is 9.97 Å². The molecule has 0 aliphatic heterocycles. The average molecular weight is 303 g/mol. The van der Waals surface area contributed by atoms with Crippen LogP contribution in [0.4, 0.5) is 0 Å². The van der Waals surface area contributed by atoms with Crippen LogP contribution in [0.1, 0.15) is 16.3 Å². The third kappa shape index (κ3) is 3.65. The van der Waals surface area contributed by atoms with E-state index in [-0.39, 0.29) is 0 Å². The maximum absolute atomic E-state index is 5.99. The molecule has 0 aliphatic carbocycles. The lowest BCUT2D eigenvalue weighted by atomic mass is 10.3. The summed E-state index contributed by atoms with van der Waals surface area (Å²) in [5, 5.41) is 1.00. The van der Waals surface area contributed by atoms with Gasteiger partial charge in [0.2, 0.25) is 0 Å². The Kier molecular flexibility index (Phi) is 4.95. The molecule has 0 N–H and O–H groups in total. The molecule has 0 radical (unpaired) electrons. The first-order valence-corrected chi connectivity index (χ1v) is 7.08. The number of hydrogen-bond acceptors (Lipinski definition) is 4. The highest BCUT2D eigenvalue weighted by Crippen LogP contribution is 2.18. The van der Waals surface area contributed by atoms with E-state index in [0.717, 1.165) is 12.1 Å². The van der Waals surface area contributed by atoms with Crippen molar-refractivity contribution >= 4 is 34.5 Å². The van der Waals surface area contributed by atoms with E-state index >= 15 is 0 Å². The minimum atomic E-state index is 0.372. The number of nitrogens with zero attached hydrogens (tertiary/aromatic N) is 2. The predicted molar refractivity (Wildman–Crippen MR) is 74.5 cm³/mol. The molecule has 6 heteroatoms. The second-order valence-corrected chi connectivity index (χ2v) is 5.46. The second kappa shape index (κ2) is 6.48. The van der Waals surface area contributed by atoms with E-state index in [0.29, 0.717) is 29.1 Å². The highest BCUT2D eigenvalue weighted by atomic mass is 35.5. The number of aromatic nitrogens is 2. The zero-order valence-electron chi connectivity index (χ0n) is 9.82. The molecule has 0 atom stereocenters. The first-order valence-electron chi connectivity index (χ1n) is 5.44. The van der Waals surface area contributed by atoms with Crippen LogP contribution >= 0.6 is 34.5 Å². The van der Waals surface area contributed by atoms with Gasteiger partial charge in [0, 0.05) is 11.3 Å². The fraction of sp³-hybridized carbons (Fsp3) is 0.333. The van der Waals surface area contributed by atoms with E-state index in [9.17, 15) is 0 Å². The van der Waals surface area contributed by atoms with Crippen molar-refractivity contribution in [1.29, 1.82) is 0 Å². The van der Waals surface area contributed by atoms with Crippen LogP contribution in [0.15, 0.2) is 17.6 Å². The molecule has 2 aromatic heterocycles. The molecule has 0 fully saturated rings. The third-order valence-corrected chi connectivity index (χ3v) is 3.99. The summed E-state index contributed by atoms with van der Waals surface area (Å²) in [5.41, 5.74) is 3.59. The predicted octanol–water partition coefficient (Wildman–Crippen LogP) is 3.91. The molecule has 0 saturated heterocycles. The normalized spacial score (nSPS) is 10.8. The van der Waals surface area contributed by atoms with Crippen LogP contribution in [0.3, 0.4) is 0 Å². The maximum atomic E-state index is 5.99. The lowest BCUT2D eigenvalue weighted by molar-refractivity contribution is 0.121. The van der Waals surface area contributed by atoms with Gasteiger partial charge in [-0.3, -0.25) is 0 Å². The fourth-order valence-corrected chi connectivity index (χ4v) is 2.55. The number of halogens is 2. The second-order valence-electron chi connectivity index (χ2n) is 3.73. The van der Waals surface area contributed by atoms with Gasteiger partial charge in [-0.2, -0.15) is 0 Å². The van der Waals surface area contributed by atoms with Crippen molar-refractivity contribution in [3.8, 4) is 0 Å². The monoisotopic (exact) mass is 302 g/mol. The number of thiazole rings is 1. The zero-order valence-corrected chi connectivity index (χ0v) is 12.1. The summed E-state index contributed by atoms with van der Waals surface area (Å²) in [7, 11) is 0. The SMILES string of the molecule is Cc1ncsc1CCOCc1nc(Cl)ccc1Cl. The Morgan fingerprint density at radius 2 is 2.17 bits per heavy atom. The summed E-state index contributed by atoms with van der Waals surface area (Å²) in [6.07, 6.45) is 0.856. The van der Waals surface area contributed by atoms with Crippen LogP contribution in [0.2, 0.25) is 10.2 Å². The van der Waals surface area contributed by atoms with Gasteiger partial charge in [0.1, 0.15) is 5.15 Å². The Morgan fingerprint density at radius 1 is 1.33 bits per heavy atom. The fourth-order valence-electron chi connectivity index (χ4n) is 1.46. The first kappa shape index (κ1) is 13.7. The van der Waals surface area contributed by atoms with E-state index in [1.165, 1.54) is 4.88 Å². The van der Waals surface area contributed by atoms with Gasteiger partial charge in [-0.1, -0.05) is 23.2 Å². The summed E-state index contributed by atoms with van der Waals surface area (Å²) in [4.78, 5) is 9.57. The van der Waals surface area contributed by atoms with Crippen molar-refractivity contribution in [1.82, 2.24) is 9.97 Å². The molecule has 0 unspecified atom stereocenters. The molecule has 0 saturated carbocycles. The van der Waals surface area contributed by atoms with Gasteiger partial charge in [0.15, 0.2) is 0 Å². The molecule has 0 amide bonds. The minimum Gasteiger partial charge on any atom is -0.375 e. The van der Waals surface area contributed by atoms with E-state index in [1.54, 1.807) is 23.5 Å². The first-order chi connectivity index (χ1) is 8.66. The number of aryl methyl sites for hydroxylation is 1. The maximum Gasteiger partial charge on any atom is 0.129 e. The molecule has 96 valence electrons. The van der Waals surface area contributed by atoms with Gasteiger partial charge in [-0.05, 0) is 19.1 Å². The molecular formula is C12H12Cl2N2OS. The quantitative estimate of drug-likeness (QED) is 0.620. The van der Waals surface area contributed by atoms with Crippen LogP contribution in [-0.4, -0.2) is 16.6 Å². The Morgan fingerprint density at radius 3 is 2.89 bits per heavy atom. The van der Waals surface area contributed by atoms with Crippen molar-refractivity contribution in [2.75, 3.05) is 6.61 Å². The third-order valence-electron chi connectivity index (χ3n) is 2.44. The highest BCUT2D eigenvalue weighted by Gasteiger charge is 2.05. The van der Waals surface area contributed by atoms with Crippen LogP contribution in [0.25, 0.3) is 0 Å². The van der Waals surface area contributed by atoms with E-state index < -0.39 is 0 Å². The van der Waals surface area contributed by atoms with Crippen LogP contribution in [0, 0.1) is 6.92 Å². The van der Waals surface area contributed by atoms with Crippen LogP contribution in [-0.2, 0) is 17.8 Å². The Hall–Kier alpha value is -0.680. The van der Waals surface area contributed by atoms with Crippen molar-refractivity contribution in [2.45, 2.75) is 20.0 Å². The lowest BCUT2D eigenvalue weighted by Crippen LogP contribution is -2.01. The van der Waals surface area contributed by atoms with Gasteiger partial charge < -0.3 is 4.74 Å². The molecule has 18 heavy (non-hydrogen) atoms. The smallest absolute Gasteiger partial charge is 0.129 e. The molecule has 0 aliphatic rings. The zero-order chi connectivity index (χ0) is 13.0. The Labute approximate surface area is 120 Å². The summed E-state index contributed by atoms with van der Waals surface area (Å²) >= 11 is 13.4. The van der Waals surface area contributed by atoms with E-state index in [1.807, 2.05) is 12.4 Å². The topological polar surface area (TPSA) is 35.0 Å². The molecule has 0 spiro atoms. The number of hydrogen-bond donors (Lipinski definition) is 0.